The van der Waals surface area contributed by atoms with E-state index >= 15 is 0 Å². The maximum atomic E-state index is 10.8. The van der Waals surface area contributed by atoms with Crippen LogP contribution < -0.4 is 0 Å². The first-order valence-electron chi connectivity index (χ1n) is 40.5. The zero-order valence-electron chi connectivity index (χ0n) is 79.9. The van der Waals surface area contributed by atoms with E-state index in [9.17, 15) is 10.2 Å². The van der Waals surface area contributed by atoms with Crippen molar-refractivity contribution in [3.05, 3.63) is 281 Å². The summed E-state index contributed by atoms with van der Waals surface area (Å²) in [6.07, 6.45) is 13.9. The van der Waals surface area contributed by atoms with Crippen molar-refractivity contribution in [1.29, 1.82) is 0 Å². The maximum Gasteiger partial charge on any atom is 4.00 e. The molecule has 5 atom stereocenters. The van der Waals surface area contributed by atoms with Crippen LogP contribution in [0.4, 0.5) is 11.4 Å². The van der Waals surface area contributed by atoms with Crippen LogP contribution in [0.15, 0.2) is 155 Å². The van der Waals surface area contributed by atoms with Gasteiger partial charge in [0.25, 0.3) is 0 Å². The minimum atomic E-state index is -0.261. The van der Waals surface area contributed by atoms with Crippen molar-refractivity contribution in [3.8, 4) is 22.8 Å². The molecule has 1 aromatic heterocycles. The molecule has 7 aromatic carbocycles. The Bertz CT molecular complexity index is 4160. The Morgan fingerprint density at radius 3 is 1.21 bits per heavy atom. The van der Waals surface area contributed by atoms with Crippen molar-refractivity contribution < 1.29 is 88.1 Å². The number of fused-ring (bicyclic) bond motifs is 1. The maximum absolute atomic E-state index is 10.8. The Morgan fingerprint density at radius 1 is 0.462 bits per heavy atom. The molecule has 2 aliphatic carbocycles. The molecule has 1 heterocycles. The molecule has 0 bridgehead atoms. The normalized spacial score (nSPS) is 15.8. The van der Waals surface area contributed by atoms with Crippen LogP contribution in [0.1, 0.15) is 346 Å². The monoisotopic (exact) mass is 2000 g/mol. The number of rotatable bonds is 17. The summed E-state index contributed by atoms with van der Waals surface area (Å²) in [5, 5.41) is 34.7. The van der Waals surface area contributed by atoms with Gasteiger partial charge in [-0.25, -0.2) is 0 Å². The van der Waals surface area contributed by atoms with E-state index in [1.54, 1.807) is 0 Å². The minimum Gasteiger partial charge on any atom is -0.674 e. The van der Waals surface area contributed by atoms with Crippen molar-refractivity contribution in [2.45, 2.75) is 313 Å². The van der Waals surface area contributed by atoms with Gasteiger partial charge < -0.3 is 77.8 Å². The minimum absolute atomic E-state index is 0. The summed E-state index contributed by atoms with van der Waals surface area (Å²) in [5.41, 5.74) is 19.9. The molecule has 0 amide bonds. The number of benzene rings is 7. The summed E-state index contributed by atoms with van der Waals surface area (Å²) in [5.74, 6) is 4.13. The predicted octanol–water partition coefficient (Wildman–Crippen LogP) is 31.8. The molecule has 636 valence electrons. The molecular weight excluding hydrogens is 1840 g/mol. The van der Waals surface area contributed by atoms with Gasteiger partial charge in [0.05, 0.1) is 12.1 Å². The number of pyridine rings is 1. The van der Waals surface area contributed by atoms with E-state index in [0.717, 1.165) is 61.7 Å². The van der Waals surface area contributed by atoms with Crippen molar-refractivity contribution in [3.63, 3.8) is 0 Å². The molecule has 0 saturated heterocycles. The first-order valence-corrected chi connectivity index (χ1v) is 40.5. The molecule has 10 rings (SSSR count). The molecule has 0 aliphatic heterocycles. The third kappa shape index (κ3) is 32.2. The topological polar surface area (TPSA) is 119 Å². The number of aromatic hydroxyl groups is 2. The standard InChI is InChI=1S/C37H38N2.2C22H35NO.C18H29N2.7CH3.2Hf.Zr/c1-24(2)28-16-9-10-18-33(28)37(39-36-29(25(3)4)19-12-20-30(36)26(5)6)35-23-13-22-34(38-35)32-21-11-15-27-14-7-8-17-31(27)32;2*1-15-10-8-9-11-19(15)23-14-16-12-17(21(2,3)4)13-18(20(16)24)22(5,6)7;1-12(2)15-10-9-11-16(13(3)4)17(15)20-18(6,7)14(5)19-8;;;;;;;;;;/h7-20,22-26,37H,1-6H3;2*12-15,19,24H,8-11H2,1-7H3;9-13H,1-8H3;7*1H3;;;/q-2;;;8*-1;2*+4;+2. The van der Waals surface area contributed by atoms with Crippen LogP contribution in [0.25, 0.3) is 32.7 Å². The van der Waals surface area contributed by atoms with Gasteiger partial charge in [-0.15, -0.1) is 40.5 Å². The van der Waals surface area contributed by atoms with Crippen molar-refractivity contribution in [1.82, 2.24) is 4.98 Å². The third-order valence-electron chi connectivity index (χ3n) is 22.1. The number of hydrogen-bond acceptors (Lipinski definition) is 6. The molecular formula is C106H158Hf2N6O2Zr. The van der Waals surface area contributed by atoms with Gasteiger partial charge in [-0.2, -0.15) is 0 Å². The number of aromatic nitrogens is 1. The molecule has 2 aliphatic rings. The largest absolute Gasteiger partial charge is 4.00 e. The van der Waals surface area contributed by atoms with E-state index < -0.39 is 0 Å². The second-order valence-electron chi connectivity index (χ2n) is 37.0. The summed E-state index contributed by atoms with van der Waals surface area (Å²) in [6, 6.07) is 53.4. The smallest absolute Gasteiger partial charge is 0.674 e. The Morgan fingerprint density at radius 2 is 0.829 bits per heavy atom. The van der Waals surface area contributed by atoms with Crippen molar-refractivity contribution in [2.24, 2.45) is 26.8 Å². The molecule has 117 heavy (non-hydrogen) atoms. The van der Waals surface area contributed by atoms with Crippen LogP contribution in [-0.2, 0) is 99.5 Å². The van der Waals surface area contributed by atoms with Gasteiger partial charge in [0.2, 0.25) is 0 Å². The van der Waals surface area contributed by atoms with Crippen molar-refractivity contribution in [2.75, 3.05) is 7.05 Å². The van der Waals surface area contributed by atoms with Gasteiger partial charge in [-0.3, -0.25) is 15.0 Å². The zero-order valence-corrected chi connectivity index (χ0v) is 89.6. The van der Waals surface area contributed by atoms with Gasteiger partial charge in [0.15, 0.2) is 0 Å². The molecule has 2 N–H and O–H groups in total. The van der Waals surface area contributed by atoms with Crippen LogP contribution in [0.2, 0.25) is 0 Å². The molecule has 5 unspecified atom stereocenters. The fraction of sp³-hybridized carbons (Fsp3) is 0.481. The quantitative estimate of drug-likeness (QED) is 0.0537. The predicted molar refractivity (Wildman–Crippen MR) is 511 cm³/mol. The summed E-state index contributed by atoms with van der Waals surface area (Å²) >= 11 is 0. The number of aliphatic imine (C=N–C) groups is 3. The second kappa shape index (κ2) is 51.6. The van der Waals surface area contributed by atoms with Gasteiger partial charge in [-0.1, -0.05) is 354 Å². The van der Waals surface area contributed by atoms with Crippen LogP contribution in [0.3, 0.4) is 0 Å². The average molecular weight is 2000 g/mol. The number of phenols is 2. The van der Waals surface area contributed by atoms with Gasteiger partial charge in [-0.05, 0) is 148 Å². The fourth-order valence-electron chi connectivity index (χ4n) is 14.7. The van der Waals surface area contributed by atoms with Crippen LogP contribution in [0.5, 0.6) is 11.5 Å². The molecule has 2 saturated carbocycles. The van der Waals surface area contributed by atoms with E-state index in [1.165, 1.54) is 101 Å². The summed E-state index contributed by atoms with van der Waals surface area (Å²) in [4.78, 5) is 19.3. The number of phenolic OH excluding ortho intramolecular Hbond substituents is 2. The van der Waals surface area contributed by atoms with Crippen LogP contribution in [0, 0.1) is 69.9 Å². The van der Waals surface area contributed by atoms with E-state index in [-0.39, 0.29) is 163 Å². The molecule has 2 fully saturated rings. The second-order valence-corrected chi connectivity index (χ2v) is 37.0. The Hall–Kier alpha value is -5.22. The molecule has 8 nitrogen and oxygen atoms in total. The number of nitrogens with zero attached hydrogens (tertiary/aromatic N) is 6. The van der Waals surface area contributed by atoms with Crippen molar-refractivity contribution >= 4 is 40.3 Å². The molecule has 0 spiro atoms. The summed E-state index contributed by atoms with van der Waals surface area (Å²) < 4.78 is 0. The number of para-hydroxylation sites is 2. The molecule has 8 aromatic rings. The van der Waals surface area contributed by atoms with E-state index in [2.05, 4.69) is 331 Å². The first kappa shape index (κ1) is 118. The van der Waals surface area contributed by atoms with Gasteiger partial charge >= 0.3 is 77.9 Å². The Labute approximate surface area is 776 Å². The first-order chi connectivity index (χ1) is 50.0. The van der Waals surface area contributed by atoms with Gasteiger partial charge in [0.1, 0.15) is 11.5 Å². The Balaban J connectivity index is -0.000000732. The average Bonchev–Trinajstić information content (AvgIpc) is 0.774. The SMILES string of the molecule is CC(C)c1ccccc1C([N-]c1c(C(C)C)cccc1C(C)C)c1cccc(-c2[c-]ccc3ccccc23)n1.CC1CCCCC1N=Cc1cc(C(C)(C)C)cc(C(C)(C)C)c1O.CC1CCCCC1N=Cc1cc(C(C)(C)C)cc(C(C)(C)C)c1O.CN=C(C)C(C)(C)[N-]c1c(C(C)C)cccc1C(C)C.[CH3-].[CH3-].[CH3-].[CH3-].[CH3-].[CH3-].[CH3-].[Hf+4].[Hf+4].[Zr+2]. The van der Waals surface area contributed by atoms with Gasteiger partial charge in [0, 0.05) is 47.4 Å². The fourth-order valence-corrected chi connectivity index (χ4v) is 14.7. The third-order valence-corrected chi connectivity index (χ3v) is 22.1. The number of hydrogen-bond donors (Lipinski definition) is 2. The summed E-state index contributed by atoms with van der Waals surface area (Å²) in [6.45, 7) is 59.6. The van der Waals surface area contributed by atoms with E-state index in [4.69, 9.17) is 25.6 Å². The Kier molecular flexibility index (Phi) is 52.1. The van der Waals surface area contributed by atoms with E-state index in [1.807, 2.05) is 25.5 Å². The molecule has 11 heteroatoms. The summed E-state index contributed by atoms with van der Waals surface area (Å²) in [7, 11) is 1.84. The van der Waals surface area contributed by atoms with Crippen LogP contribution >= 0.6 is 0 Å². The zero-order chi connectivity index (χ0) is 79.3. The van der Waals surface area contributed by atoms with E-state index in [0.29, 0.717) is 65.0 Å². The molecule has 0 radical (unpaired) electrons. The van der Waals surface area contributed by atoms with Crippen LogP contribution in [-0.4, -0.2) is 58.0 Å².